The summed E-state index contributed by atoms with van der Waals surface area (Å²) in [6.07, 6.45) is 2.12. The van der Waals surface area contributed by atoms with Gasteiger partial charge in [0, 0.05) is 26.2 Å². The first-order valence-electron chi connectivity index (χ1n) is 6.14. The Morgan fingerprint density at radius 1 is 1.58 bits per heavy atom. The predicted octanol–water partition coefficient (Wildman–Crippen LogP) is 1.48. The van der Waals surface area contributed by atoms with E-state index in [-0.39, 0.29) is 11.0 Å². The molecule has 8 heteroatoms. The zero-order valence-electron chi connectivity index (χ0n) is 10.7. The summed E-state index contributed by atoms with van der Waals surface area (Å²) in [6.45, 7) is 5.09. The summed E-state index contributed by atoms with van der Waals surface area (Å²) < 4.78 is 0. The number of nitriles is 1. The second-order valence-electron chi connectivity index (χ2n) is 4.31. The third-order valence-electron chi connectivity index (χ3n) is 3.22. The third-order valence-corrected chi connectivity index (χ3v) is 4.23. The highest BCUT2D eigenvalue weighted by Gasteiger charge is 2.25. The SMILES string of the molecule is CCC(C#N)N1CCN(c2ncc([N+](=O)[O-])s2)CC1. The van der Waals surface area contributed by atoms with Crippen LogP contribution in [0.3, 0.4) is 0 Å². The van der Waals surface area contributed by atoms with Crippen LogP contribution in [0.25, 0.3) is 0 Å². The Balaban J connectivity index is 1.96. The summed E-state index contributed by atoms with van der Waals surface area (Å²) >= 11 is 1.10. The first-order valence-corrected chi connectivity index (χ1v) is 6.96. The highest BCUT2D eigenvalue weighted by atomic mass is 32.1. The summed E-state index contributed by atoms with van der Waals surface area (Å²) in [5.41, 5.74) is 0. The first-order chi connectivity index (χ1) is 9.15. The van der Waals surface area contributed by atoms with E-state index in [2.05, 4.69) is 16.0 Å². The molecular weight excluding hydrogens is 266 g/mol. The van der Waals surface area contributed by atoms with E-state index in [0.717, 1.165) is 43.9 Å². The summed E-state index contributed by atoms with van der Waals surface area (Å²) in [5.74, 6) is 0. The average Bonchev–Trinajstić information content (AvgIpc) is 2.91. The van der Waals surface area contributed by atoms with Gasteiger partial charge in [0.05, 0.1) is 17.0 Å². The van der Waals surface area contributed by atoms with Crippen molar-refractivity contribution in [2.45, 2.75) is 19.4 Å². The van der Waals surface area contributed by atoms with Gasteiger partial charge in [0.2, 0.25) is 0 Å². The van der Waals surface area contributed by atoms with Gasteiger partial charge in [0.1, 0.15) is 6.20 Å². The van der Waals surface area contributed by atoms with Gasteiger partial charge < -0.3 is 4.90 Å². The lowest BCUT2D eigenvalue weighted by atomic mass is 10.2. The first kappa shape index (κ1) is 13.7. The molecule has 1 saturated heterocycles. The molecule has 1 unspecified atom stereocenters. The van der Waals surface area contributed by atoms with Crippen LogP contribution in [0, 0.1) is 21.4 Å². The molecule has 0 amide bonds. The van der Waals surface area contributed by atoms with E-state index in [4.69, 9.17) is 5.26 Å². The van der Waals surface area contributed by atoms with Crippen molar-refractivity contribution in [3.05, 3.63) is 16.3 Å². The second kappa shape index (κ2) is 5.95. The van der Waals surface area contributed by atoms with E-state index in [1.807, 2.05) is 11.8 Å². The van der Waals surface area contributed by atoms with Crippen molar-refractivity contribution in [1.29, 1.82) is 5.26 Å². The fraction of sp³-hybridized carbons (Fsp3) is 0.636. The molecule has 1 aliphatic rings. The Bertz CT molecular complexity index is 490. The molecule has 1 aromatic rings. The smallest absolute Gasteiger partial charge is 0.345 e. The lowest BCUT2D eigenvalue weighted by Crippen LogP contribution is -2.49. The Morgan fingerprint density at radius 3 is 2.74 bits per heavy atom. The van der Waals surface area contributed by atoms with E-state index in [9.17, 15) is 10.1 Å². The molecule has 1 aromatic heterocycles. The highest BCUT2D eigenvalue weighted by molar-refractivity contribution is 7.18. The van der Waals surface area contributed by atoms with Crippen molar-refractivity contribution in [3.63, 3.8) is 0 Å². The lowest BCUT2D eigenvalue weighted by Gasteiger charge is -2.36. The van der Waals surface area contributed by atoms with Crippen molar-refractivity contribution in [3.8, 4) is 6.07 Å². The van der Waals surface area contributed by atoms with Gasteiger partial charge in [-0.15, -0.1) is 0 Å². The number of anilines is 1. The minimum Gasteiger partial charge on any atom is -0.345 e. The van der Waals surface area contributed by atoms with Crippen molar-refractivity contribution < 1.29 is 4.92 Å². The third kappa shape index (κ3) is 3.00. The van der Waals surface area contributed by atoms with Crippen LogP contribution in [0.4, 0.5) is 10.1 Å². The van der Waals surface area contributed by atoms with E-state index in [1.165, 1.54) is 6.20 Å². The molecule has 1 fully saturated rings. The van der Waals surface area contributed by atoms with Crippen molar-refractivity contribution in [2.75, 3.05) is 31.1 Å². The van der Waals surface area contributed by atoms with Crippen LogP contribution < -0.4 is 4.90 Å². The number of nitrogens with zero attached hydrogens (tertiary/aromatic N) is 5. The maximum atomic E-state index is 10.6. The molecule has 0 saturated carbocycles. The van der Waals surface area contributed by atoms with Gasteiger partial charge >= 0.3 is 5.00 Å². The van der Waals surface area contributed by atoms with E-state index in [0.29, 0.717) is 5.13 Å². The minimum absolute atomic E-state index is 0.0345. The monoisotopic (exact) mass is 281 g/mol. The molecule has 0 spiro atoms. The van der Waals surface area contributed by atoms with Crippen LogP contribution >= 0.6 is 11.3 Å². The van der Waals surface area contributed by atoms with Crippen LogP contribution in [0.1, 0.15) is 13.3 Å². The maximum absolute atomic E-state index is 10.6. The van der Waals surface area contributed by atoms with Gasteiger partial charge in [0.15, 0.2) is 5.13 Å². The summed E-state index contributed by atoms with van der Waals surface area (Å²) in [4.78, 5) is 18.5. The van der Waals surface area contributed by atoms with Crippen molar-refractivity contribution in [2.24, 2.45) is 0 Å². The quantitative estimate of drug-likeness (QED) is 0.613. The number of aromatic nitrogens is 1. The molecule has 7 nitrogen and oxygen atoms in total. The van der Waals surface area contributed by atoms with Gasteiger partial charge in [-0.3, -0.25) is 15.0 Å². The summed E-state index contributed by atoms with van der Waals surface area (Å²) in [7, 11) is 0. The normalized spacial score (nSPS) is 18.0. The number of hydrogen-bond donors (Lipinski definition) is 0. The fourth-order valence-electron chi connectivity index (χ4n) is 2.14. The Morgan fingerprint density at radius 2 is 2.26 bits per heavy atom. The Kier molecular flexibility index (Phi) is 4.29. The number of nitro groups is 1. The van der Waals surface area contributed by atoms with Gasteiger partial charge in [-0.2, -0.15) is 5.26 Å². The molecule has 102 valence electrons. The molecular formula is C11H15N5O2S. The Hall–Kier alpha value is -1.72. The molecule has 0 radical (unpaired) electrons. The largest absolute Gasteiger partial charge is 0.345 e. The zero-order chi connectivity index (χ0) is 13.8. The zero-order valence-corrected chi connectivity index (χ0v) is 11.5. The van der Waals surface area contributed by atoms with Gasteiger partial charge in [-0.1, -0.05) is 6.92 Å². The molecule has 0 bridgehead atoms. The number of thiazole rings is 1. The molecule has 2 heterocycles. The van der Waals surface area contributed by atoms with Crippen LogP contribution in [-0.4, -0.2) is 47.0 Å². The van der Waals surface area contributed by atoms with E-state index in [1.54, 1.807) is 0 Å². The minimum atomic E-state index is -0.416. The molecule has 0 N–H and O–H groups in total. The lowest BCUT2D eigenvalue weighted by molar-refractivity contribution is -0.380. The molecule has 0 aliphatic carbocycles. The fourth-order valence-corrected chi connectivity index (χ4v) is 2.93. The number of rotatable bonds is 4. The summed E-state index contributed by atoms with van der Waals surface area (Å²) in [6, 6.07) is 2.27. The topological polar surface area (TPSA) is 86.3 Å². The summed E-state index contributed by atoms with van der Waals surface area (Å²) in [5, 5.41) is 20.4. The molecule has 1 atom stereocenters. The molecule has 0 aromatic carbocycles. The number of piperazine rings is 1. The standard InChI is InChI=1S/C11H15N5O2S/c1-2-9(7-12)14-3-5-15(6-4-14)11-13-8-10(19-11)16(17)18/h8-9H,2-6H2,1H3. The van der Waals surface area contributed by atoms with E-state index < -0.39 is 4.92 Å². The Labute approximate surface area is 115 Å². The van der Waals surface area contributed by atoms with Crippen molar-refractivity contribution >= 4 is 21.5 Å². The van der Waals surface area contributed by atoms with Gasteiger partial charge in [-0.05, 0) is 17.8 Å². The molecule has 2 rings (SSSR count). The van der Waals surface area contributed by atoms with Crippen molar-refractivity contribution in [1.82, 2.24) is 9.88 Å². The van der Waals surface area contributed by atoms with Crippen LogP contribution in [0.15, 0.2) is 6.20 Å². The maximum Gasteiger partial charge on any atom is 0.345 e. The average molecular weight is 281 g/mol. The van der Waals surface area contributed by atoms with Crippen LogP contribution in [0.5, 0.6) is 0 Å². The molecule has 1 aliphatic heterocycles. The number of hydrogen-bond acceptors (Lipinski definition) is 7. The van der Waals surface area contributed by atoms with E-state index >= 15 is 0 Å². The van der Waals surface area contributed by atoms with Gasteiger partial charge in [-0.25, -0.2) is 4.98 Å². The van der Waals surface area contributed by atoms with Gasteiger partial charge in [0.25, 0.3) is 0 Å². The molecule has 19 heavy (non-hydrogen) atoms. The van der Waals surface area contributed by atoms with Crippen LogP contribution in [0.2, 0.25) is 0 Å². The second-order valence-corrected chi connectivity index (χ2v) is 5.30. The highest BCUT2D eigenvalue weighted by Crippen LogP contribution is 2.29. The predicted molar refractivity (Wildman–Crippen MR) is 72.2 cm³/mol. The van der Waals surface area contributed by atoms with Crippen LogP contribution in [-0.2, 0) is 0 Å².